The molecule has 2 aromatic rings. The van der Waals surface area contributed by atoms with Crippen LogP contribution in [0.15, 0.2) is 42.6 Å². The van der Waals surface area contributed by atoms with Crippen LogP contribution in [0.25, 0.3) is 0 Å². The van der Waals surface area contributed by atoms with Crippen molar-refractivity contribution in [2.45, 2.75) is 39.7 Å². The molecule has 0 aliphatic rings. The SMILES string of the molecule is CCN(CC)c1ccc(CNC(=O)C(C)(C)c2ccc(Cl)cc2)cn1. The second kappa shape index (κ2) is 8.34. The second-order valence-electron chi connectivity index (χ2n) is 6.51. The zero-order valence-corrected chi connectivity index (χ0v) is 16.1. The molecule has 0 spiro atoms. The van der Waals surface area contributed by atoms with Crippen molar-refractivity contribution in [2.75, 3.05) is 18.0 Å². The molecule has 0 saturated carbocycles. The fourth-order valence-corrected chi connectivity index (χ4v) is 2.78. The molecular formula is C20H26ClN3O. The maximum absolute atomic E-state index is 12.6. The van der Waals surface area contributed by atoms with Crippen LogP contribution in [0.2, 0.25) is 5.02 Å². The normalized spacial score (nSPS) is 11.2. The van der Waals surface area contributed by atoms with E-state index in [2.05, 4.69) is 29.0 Å². The molecule has 1 N–H and O–H groups in total. The summed E-state index contributed by atoms with van der Waals surface area (Å²) >= 11 is 5.93. The number of nitrogens with one attached hydrogen (secondary N) is 1. The van der Waals surface area contributed by atoms with Crippen molar-refractivity contribution >= 4 is 23.3 Å². The van der Waals surface area contributed by atoms with Crippen LogP contribution in [0.1, 0.15) is 38.8 Å². The van der Waals surface area contributed by atoms with Gasteiger partial charge in [-0.15, -0.1) is 0 Å². The van der Waals surface area contributed by atoms with E-state index in [4.69, 9.17) is 11.6 Å². The first-order valence-electron chi connectivity index (χ1n) is 8.62. The van der Waals surface area contributed by atoms with Crippen molar-refractivity contribution in [3.05, 3.63) is 58.7 Å². The highest BCUT2D eigenvalue weighted by Gasteiger charge is 2.29. The lowest BCUT2D eigenvalue weighted by molar-refractivity contribution is -0.125. The van der Waals surface area contributed by atoms with E-state index < -0.39 is 5.41 Å². The number of rotatable bonds is 7. The molecule has 1 aromatic carbocycles. The molecule has 1 aromatic heterocycles. The number of anilines is 1. The minimum atomic E-state index is -0.626. The van der Waals surface area contributed by atoms with Gasteiger partial charge in [0.25, 0.3) is 0 Å². The summed E-state index contributed by atoms with van der Waals surface area (Å²) < 4.78 is 0. The molecule has 5 heteroatoms. The molecule has 0 aliphatic heterocycles. The van der Waals surface area contributed by atoms with Gasteiger partial charge in [0, 0.05) is 30.9 Å². The van der Waals surface area contributed by atoms with Gasteiger partial charge in [0.2, 0.25) is 5.91 Å². The fraction of sp³-hybridized carbons (Fsp3) is 0.400. The molecule has 0 radical (unpaired) electrons. The first-order valence-corrected chi connectivity index (χ1v) is 9.00. The molecule has 0 unspecified atom stereocenters. The van der Waals surface area contributed by atoms with E-state index in [0.717, 1.165) is 30.0 Å². The van der Waals surface area contributed by atoms with Crippen LogP contribution in [0.4, 0.5) is 5.82 Å². The number of hydrogen-bond acceptors (Lipinski definition) is 3. The van der Waals surface area contributed by atoms with Gasteiger partial charge in [-0.25, -0.2) is 4.98 Å². The number of halogens is 1. The number of aromatic nitrogens is 1. The van der Waals surface area contributed by atoms with Gasteiger partial charge in [-0.05, 0) is 57.0 Å². The summed E-state index contributed by atoms with van der Waals surface area (Å²) in [5.41, 5.74) is 1.29. The van der Waals surface area contributed by atoms with Crippen molar-refractivity contribution < 1.29 is 4.79 Å². The molecule has 4 nitrogen and oxygen atoms in total. The standard InChI is InChI=1S/C20H26ClN3O/c1-5-24(6-2)18-12-7-15(13-22-18)14-23-19(25)20(3,4)16-8-10-17(21)11-9-16/h7-13H,5-6,14H2,1-4H3,(H,23,25). The third kappa shape index (κ3) is 4.73. The van der Waals surface area contributed by atoms with Gasteiger partial charge in [-0.2, -0.15) is 0 Å². The number of nitrogens with zero attached hydrogens (tertiary/aromatic N) is 2. The van der Waals surface area contributed by atoms with E-state index in [1.165, 1.54) is 0 Å². The van der Waals surface area contributed by atoms with Crippen molar-refractivity contribution in [3.8, 4) is 0 Å². The summed E-state index contributed by atoms with van der Waals surface area (Å²) in [7, 11) is 0. The van der Waals surface area contributed by atoms with Crippen LogP contribution in [-0.4, -0.2) is 24.0 Å². The van der Waals surface area contributed by atoms with Crippen molar-refractivity contribution in [3.63, 3.8) is 0 Å². The Balaban J connectivity index is 2.00. The minimum absolute atomic E-state index is 0.0253. The van der Waals surface area contributed by atoms with Gasteiger partial charge >= 0.3 is 0 Å². The maximum atomic E-state index is 12.6. The van der Waals surface area contributed by atoms with Crippen molar-refractivity contribution in [2.24, 2.45) is 0 Å². The van der Waals surface area contributed by atoms with E-state index in [1.807, 2.05) is 56.4 Å². The van der Waals surface area contributed by atoms with E-state index in [0.29, 0.717) is 11.6 Å². The zero-order valence-electron chi connectivity index (χ0n) is 15.3. The monoisotopic (exact) mass is 359 g/mol. The Hall–Kier alpha value is -2.07. The van der Waals surface area contributed by atoms with Gasteiger partial charge in [-0.1, -0.05) is 29.8 Å². The van der Waals surface area contributed by atoms with Gasteiger partial charge in [0.05, 0.1) is 5.41 Å². The Morgan fingerprint density at radius 3 is 2.28 bits per heavy atom. The summed E-state index contributed by atoms with van der Waals surface area (Å²) in [5, 5.41) is 3.67. The molecule has 1 amide bonds. The lowest BCUT2D eigenvalue weighted by Crippen LogP contribution is -2.39. The number of carbonyl (C=O) groups is 1. The first-order chi connectivity index (χ1) is 11.9. The van der Waals surface area contributed by atoms with Crippen LogP contribution < -0.4 is 10.2 Å². The molecular weight excluding hydrogens is 334 g/mol. The van der Waals surface area contributed by atoms with Gasteiger partial charge in [-0.3, -0.25) is 4.79 Å². The van der Waals surface area contributed by atoms with Crippen molar-refractivity contribution in [1.29, 1.82) is 0 Å². The molecule has 0 bridgehead atoms. The highest BCUT2D eigenvalue weighted by Crippen LogP contribution is 2.25. The number of hydrogen-bond donors (Lipinski definition) is 1. The third-order valence-corrected chi connectivity index (χ3v) is 4.74. The highest BCUT2D eigenvalue weighted by atomic mass is 35.5. The Morgan fingerprint density at radius 1 is 1.12 bits per heavy atom. The second-order valence-corrected chi connectivity index (χ2v) is 6.95. The van der Waals surface area contributed by atoms with Crippen LogP contribution in [0.3, 0.4) is 0 Å². The van der Waals surface area contributed by atoms with Crippen LogP contribution in [0, 0.1) is 0 Å². The van der Waals surface area contributed by atoms with E-state index >= 15 is 0 Å². The Bertz CT molecular complexity index is 692. The molecule has 25 heavy (non-hydrogen) atoms. The predicted octanol–water partition coefficient (Wildman–Crippen LogP) is 4.18. The van der Waals surface area contributed by atoms with Crippen LogP contribution in [-0.2, 0) is 16.8 Å². The zero-order chi connectivity index (χ0) is 18.4. The van der Waals surface area contributed by atoms with Gasteiger partial charge < -0.3 is 10.2 Å². The summed E-state index contributed by atoms with van der Waals surface area (Å²) in [5.74, 6) is 0.934. The predicted molar refractivity (Wildman–Crippen MR) is 104 cm³/mol. The summed E-state index contributed by atoms with van der Waals surface area (Å²) in [6, 6.07) is 11.4. The molecule has 2 rings (SSSR count). The number of benzene rings is 1. The Kier molecular flexibility index (Phi) is 6.43. The first kappa shape index (κ1) is 19.3. The summed E-state index contributed by atoms with van der Waals surface area (Å²) in [6.45, 7) is 10.3. The fourth-order valence-electron chi connectivity index (χ4n) is 2.66. The lowest BCUT2D eigenvalue weighted by Gasteiger charge is -2.24. The molecule has 0 aliphatic carbocycles. The van der Waals surface area contributed by atoms with E-state index in [-0.39, 0.29) is 5.91 Å². The highest BCUT2D eigenvalue weighted by molar-refractivity contribution is 6.30. The average molecular weight is 360 g/mol. The Labute approximate surface area is 155 Å². The number of amides is 1. The summed E-state index contributed by atoms with van der Waals surface area (Å²) in [4.78, 5) is 19.3. The average Bonchev–Trinajstić information content (AvgIpc) is 2.62. The smallest absolute Gasteiger partial charge is 0.230 e. The van der Waals surface area contributed by atoms with Crippen LogP contribution >= 0.6 is 11.6 Å². The lowest BCUT2D eigenvalue weighted by atomic mass is 9.83. The quantitative estimate of drug-likeness (QED) is 0.806. The topological polar surface area (TPSA) is 45.2 Å². The van der Waals surface area contributed by atoms with E-state index in [9.17, 15) is 4.79 Å². The third-order valence-electron chi connectivity index (χ3n) is 4.48. The maximum Gasteiger partial charge on any atom is 0.230 e. The Morgan fingerprint density at radius 2 is 1.76 bits per heavy atom. The van der Waals surface area contributed by atoms with Gasteiger partial charge in [0.1, 0.15) is 5.82 Å². The molecule has 0 saturated heterocycles. The van der Waals surface area contributed by atoms with E-state index in [1.54, 1.807) is 0 Å². The molecule has 134 valence electrons. The largest absolute Gasteiger partial charge is 0.357 e. The molecule has 0 fully saturated rings. The number of pyridine rings is 1. The van der Waals surface area contributed by atoms with Crippen LogP contribution in [0.5, 0.6) is 0 Å². The van der Waals surface area contributed by atoms with Crippen molar-refractivity contribution in [1.82, 2.24) is 10.3 Å². The summed E-state index contributed by atoms with van der Waals surface area (Å²) in [6.07, 6.45) is 1.82. The minimum Gasteiger partial charge on any atom is -0.357 e. The molecule has 0 atom stereocenters. The number of carbonyl (C=O) groups excluding carboxylic acids is 1. The van der Waals surface area contributed by atoms with Gasteiger partial charge in [0.15, 0.2) is 0 Å². The molecule has 1 heterocycles.